The largest absolute Gasteiger partial charge is 0.493 e. The normalized spacial score (nSPS) is 10.9. The molecule has 0 aliphatic carbocycles. The summed E-state index contributed by atoms with van der Waals surface area (Å²) in [7, 11) is 3.15. The highest BCUT2D eigenvalue weighted by Crippen LogP contribution is 2.31. The highest BCUT2D eigenvalue weighted by molar-refractivity contribution is 7.16. The van der Waals surface area contributed by atoms with E-state index in [4.69, 9.17) is 14.0 Å². The lowest BCUT2D eigenvalue weighted by Crippen LogP contribution is -2.25. The number of ether oxygens (including phenoxy) is 2. The first-order valence-corrected chi connectivity index (χ1v) is 12.1. The van der Waals surface area contributed by atoms with Gasteiger partial charge in [0.05, 0.1) is 29.8 Å². The molecule has 1 N–H and O–H groups in total. The third kappa shape index (κ3) is 5.77. The molecule has 10 heteroatoms. The van der Waals surface area contributed by atoms with Crippen molar-refractivity contribution < 1.29 is 18.8 Å². The molecule has 1 aromatic carbocycles. The fourth-order valence-corrected chi connectivity index (χ4v) is 4.86. The van der Waals surface area contributed by atoms with Crippen LogP contribution in [0.4, 0.5) is 0 Å². The smallest absolute Gasteiger partial charge is 0.227 e. The van der Waals surface area contributed by atoms with Gasteiger partial charge in [-0.15, -0.1) is 22.7 Å². The number of thiophene rings is 1. The van der Waals surface area contributed by atoms with E-state index in [1.165, 1.54) is 4.88 Å². The average molecular weight is 485 g/mol. The maximum absolute atomic E-state index is 12.2. The zero-order chi connectivity index (χ0) is 23.2. The number of methoxy groups -OCH3 is 2. The summed E-state index contributed by atoms with van der Waals surface area (Å²) in [4.78, 5) is 23.5. The Morgan fingerprint density at radius 2 is 1.94 bits per heavy atom. The molecular weight excluding hydrogens is 460 g/mol. The number of amides is 1. The van der Waals surface area contributed by atoms with Gasteiger partial charge in [-0.3, -0.25) is 4.79 Å². The van der Waals surface area contributed by atoms with Gasteiger partial charge in [-0.1, -0.05) is 5.16 Å². The van der Waals surface area contributed by atoms with Crippen LogP contribution in [-0.2, 0) is 17.6 Å². The van der Waals surface area contributed by atoms with Crippen LogP contribution in [0, 0.1) is 6.92 Å². The van der Waals surface area contributed by atoms with Gasteiger partial charge in [0.1, 0.15) is 0 Å². The molecule has 3 aromatic heterocycles. The summed E-state index contributed by atoms with van der Waals surface area (Å²) in [5.41, 5.74) is 1.76. The fraction of sp³-hybridized carbons (Fsp3) is 0.304. The highest BCUT2D eigenvalue weighted by Gasteiger charge is 2.13. The number of hydrogen-bond acceptors (Lipinski definition) is 9. The summed E-state index contributed by atoms with van der Waals surface area (Å²) < 4.78 is 15.9. The predicted octanol–water partition coefficient (Wildman–Crippen LogP) is 4.54. The van der Waals surface area contributed by atoms with Crippen molar-refractivity contribution in [1.29, 1.82) is 0 Å². The summed E-state index contributed by atoms with van der Waals surface area (Å²) in [5.74, 6) is 2.01. The van der Waals surface area contributed by atoms with Gasteiger partial charge in [0.2, 0.25) is 17.6 Å². The predicted molar refractivity (Wildman–Crippen MR) is 128 cm³/mol. The molecule has 0 aliphatic heterocycles. The van der Waals surface area contributed by atoms with Crippen molar-refractivity contribution in [2.24, 2.45) is 0 Å². The van der Waals surface area contributed by atoms with E-state index in [9.17, 15) is 4.79 Å². The Labute approximate surface area is 199 Å². The zero-order valence-corrected chi connectivity index (χ0v) is 20.2. The van der Waals surface area contributed by atoms with E-state index in [0.717, 1.165) is 27.6 Å². The molecule has 0 aliphatic rings. The van der Waals surface area contributed by atoms with E-state index in [0.29, 0.717) is 36.2 Å². The van der Waals surface area contributed by atoms with E-state index >= 15 is 0 Å². The average Bonchev–Trinajstić information content (AvgIpc) is 3.58. The molecule has 0 unspecified atom stereocenters. The Balaban J connectivity index is 1.24. The van der Waals surface area contributed by atoms with Gasteiger partial charge in [0, 0.05) is 35.2 Å². The molecule has 33 heavy (non-hydrogen) atoms. The van der Waals surface area contributed by atoms with Crippen LogP contribution in [0.25, 0.3) is 22.0 Å². The lowest BCUT2D eigenvalue weighted by Gasteiger charge is -2.07. The third-order valence-corrected chi connectivity index (χ3v) is 6.84. The van der Waals surface area contributed by atoms with Crippen LogP contribution in [0.5, 0.6) is 11.5 Å². The Bertz CT molecular complexity index is 1230. The van der Waals surface area contributed by atoms with Crippen molar-refractivity contribution in [2.45, 2.75) is 26.2 Å². The van der Waals surface area contributed by atoms with Crippen molar-refractivity contribution in [3.63, 3.8) is 0 Å². The third-order valence-electron chi connectivity index (χ3n) is 4.90. The van der Waals surface area contributed by atoms with E-state index in [1.807, 2.05) is 13.0 Å². The molecule has 3 heterocycles. The lowest BCUT2D eigenvalue weighted by atomic mass is 10.2. The second kappa shape index (κ2) is 10.6. The Morgan fingerprint density at radius 1 is 1.09 bits per heavy atom. The van der Waals surface area contributed by atoms with Crippen LogP contribution in [0.1, 0.15) is 22.2 Å². The van der Waals surface area contributed by atoms with Gasteiger partial charge in [0.25, 0.3) is 0 Å². The molecule has 0 saturated carbocycles. The first kappa shape index (κ1) is 22.9. The topological polar surface area (TPSA) is 99.4 Å². The van der Waals surface area contributed by atoms with Crippen LogP contribution < -0.4 is 14.8 Å². The minimum atomic E-state index is -0.0484. The molecule has 0 spiro atoms. The molecule has 0 atom stereocenters. The number of rotatable bonds is 10. The standard InChI is InChI=1S/C23H24N4O4S2/c1-14-25-17(13-32-14)20-7-5-16(33-20)10-11-24-21(28)8-9-22-26-23(27-31-22)15-4-6-18(29-2)19(12-15)30-3/h4-7,12-13H,8-11H2,1-3H3,(H,24,28). The number of thiazole rings is 1. The summed E-state index contributed by atoms with van der Waals surface area (Å²) >= 11 is 3.36. The molecule has 0 bridgehead atoms. The van der Waals surface area contributed by atoms with E-state index < -0.39 is 0 Å². The van der Waals surface area contributed by atoms with Crippen LogP contribution in [0.2, 0.25) is 0 Å². The van der Waals surface area contributed by atoms with Crippen LogP contribution in [0.15, 0.2) is 40.2 Å². The quantitative estimate of drug-likeness (QED) is 0.353. The first-order chi connectivity index (χ1) is 16.1. The molecule has 1 amide bonds. The van der Waals surface area contributed by atoms with Crippen molar-refractivity contribution >= 4 is 28.6 Å². The van der Waals surface area contributed by atoms with E-state index in [-0.39, 0.29) is 12.3 Å². The number of nitrogens with zero attached hydrogens (tertiary/aromatic N) is 3. The van der Waals surface area contributed by atoms with Crippen LogP contribution in [0.3, 0.4) is 0 Å². The Morgan fingerprint density at radius 3 is 2.70 bits per heavy atom. The number of benzene rings is 1. The zero-order valence-electron chi connectivity index (χ0n) is 18.6. The number of hydrogen-bond donors (Lipinski definition) is 1. The van der Waals surface area contributed by atoms with E-state index in [2.05, 4.69) is 38.0 Å². The second-order valence-electron chi connectivity index (χ2n) is 7.20. The van der Waals surface area contributed by atoms with Crippen molar-refractivity contribution in [1.82, 2.24) is 20.4 Å². The summed E-state index contributed by atoms with van der Waals surface area (Å²) in [5, 5.41) is 10.1. The van der Waals surface area contributed by atoms with Crippen molar-refractivity contribution in [3.05, 3.63) is 51.5 Å². The summed E-state index contributed by atoms with van der Waals surface area (Å²) in [6.07, 6.45) is 1.43. The number of aryl methyl sites for hydroxylation is 2. The lowest BCUT2D eigenvalue weighted by molar-refractivity contribution is -0.121. The van der Waals surface area contributed by atoms with E-state index in [1.54, 1.807) is 49.0 Å². The van der Waals surface area contributed by atoms with Gasteiger partial charge in [-0.2, -0.15) is 4.98 Å². The number of carbonyl (C=O) groups is 1. The van der Waals surface area contributed by atoms with Gasteiger partial charge < -0.3 is 19.3 Å². The Hall–Kier alpha value is -3.24. The van der Waals surface area contributed by atoms with Gasteiger partial charge >= 0.3 is 0 Å². The number of carbonyl (C=O) groups excluding carboxylic acids is 1. The molecule has 4 rings (SSSR count). The SMILES string of the molecule is COc1ccc(-c2noc(CCC(=O)NCCc3ccc(-c4csc(C)n4)s3)n2)cc1OC. The molecule has 0 saturated heterocycles. The number of aromatic nitrogens is 3. The van der Waals surface area contributed by atoms with Gasteiger partial charge in [-0.05, 0) is 43.7 Å². The highest BCUT2D eigenvalue weighted by atomic mass is 32.1. The van der Waals surface area contributed by atoms with Crippen molar-refractivity contribution in [3.8, 4) is 33.5 Å². The van der Waals surface area contributed by atoms with Crippen molar-refractivity contribution in [2.75, 3.05) is 20.8 Å². The molecule has 0 fully saturated rings. The first-order valence-electron chi connectivity index (χ1n) is 10.4. The molecule has 4 aromatic rings. The fourth-order valence-electron chi connectivity index (χ4n) is 3.21. The van der Waals surface area contributed by atoms with Crippen LogP contribution >= 0.6 is 22.7 Å². The number of nitrogens with one attached hydrogen (secondary N) is 1. The molecular formula is C23H24N4O4S2. The Kier molecular flexibility index (Phi) is 7.36. The maximum Gasteiger partial charge on any atom is 0.227 e. The van der Waals surface area contributed by atoms with Gasteiger partial charge in [0.15, 0.2) is 11.5 Å². The molecule has 172 valence electrons. The molecule has 0 radical (unpaired) electrons. The second-order valence-corrected chi connectivity index (χ2v) is 9.43. The summed E-state index contributed by atoms with van der Waals surface area (Å²) in [6.45, 7) is 2.58. The monoisotopic (exact) mass is 484 g/mol. The minimum Gasteiger partial charge on any atom is -0.493 e. The minimum absolute atomic E-state index is 0.0484. The molecule has 8 nitrogen and oxygen atoms in total. The summed E-state index contributed by atoms with van der Waals surface area (Å²) in [6, 6.07) is 9.57. The van der Waals surface area contributed by atoms with Crippen LogP contribution in [-0.4, -0.2) is 41.8 Å². The maximum atomic E-state index is 12.2. The van der Waals surface area contributed by atoms with Gasteiger partial charge in [-0.25, -0.2) is 4.98 Å².